The van der Waals surface area contributed by atoms with Gasteiger partial charge in [0.05, 0.1) is 5.56 Å². The van der Waals surface area contributed by atoms with Crippen LogP contribution in [-0.4, -0.2) is 12.0 Å². The van der Waals surface area contributed by atoms with E-state index in [9.17, 15) is 9.18 Å². The zero-order valence-corrected chi connectivity index (χ0v) is 8.79. The van der Waals surface area contributed by atoms with Gasteiger partial charge in [0.25, 0.3) is 0 Å². The first-order valence-electron chi connectivity index (χ1n) is 4.64. The molecule has 3 heteroatoms. The summed E-state index contributed by atoms with van der Waals surface area (Å²) in [6.07, 6.45) is 2.50. The van der Waals surface area contributed by atoms with Gasteiger partial charge in [0.1, 0.15) is 5.82 Å². The lowest BCUT2D eigenvalue weighted by Gasteiger charge is -2.18. The first-order valence-corrected chi connectivity index (χ1v) is 5.62. The topological polar surface area (TPSA) is 17.1 Å². The van der Waals surface area contributed by atoms with Crippen molar-refractivity contribution in [2.75, 3.05) is 5.75 Å². The minimum absolute atomic E-state index is 0.271. The van der Waals surface area contributed by atoms with Gasteiger partial charge in [0.2, 0.25) is 0 Å². The lowest BCUT2D eigenvalue weighted by Crippen LogP contribution is -2.06. The van der Waals surface area contributed by atoms with E-state index in [0.29, 0.717) is 11.8 Å². The van der Waals surface area contributed by atoms with Gasteiger partial charge in [-0.25, -0.2) is 4.39 Å². The van der Waals surface area contributed by atoms with E-state index in [1.165, 1.54) is 0 Å². The van der Waals surface area contributed by atoms with E-state index in [0.717, 1.165) is 29.1 Å². The van der Waals surface area contributed by atoms with E-state index in [4.69, 9.17) is 0 Å². The summed E-state index contributed by atoms with van der Waals surface area (Å²) in [5, 5.41) is 0. The molecule has 1 aromatic rings. The second-order valence-corrected chi connectivity index (χ2v) is 4.60. The maximum absolute atomic E-state index is 13.5. The van der Waals surface area contributed by atoms with Crippen molar-refractivity contribution in [2.45, 2.75) is 24.7 Å². The monoisotopic (exact) mass is 210 g/mol. The van der Waals surface area contributed by atoms with E-state index in [1.807, 2.05) is 6.07 Å². The molecule has 2 rings (SSSR count). The number of thioether (sulfide) groups is 1. The normalized spacial score (nSPS) is 15.0. The number of aryl methyl sites for hydroxylation is 1. The number of halogens is 1. The molecule has 0 atom stereocenters. The lowest BCUT2D eigenvalue weighted by atomic mass is 10.0. The van der Waals surface area contributed by atoms with E-state index < -0.39 is 0 Å². The molecule has 0 spiro atoms. The molecule has 14 heavy (non-hydrogen) atoms. The average molecular weight is 210 g/mol. The second-order valence-electron chi connectivity index (χ2n) is 3.47. The number of aldehydes is 1. The molecule has 0 saturated carbocycles. The number of fused-ring (bicyclic) bond motifs is 1. The Morgan fingerprint density at radius 2 is 2.36 bits per heavy atom. The van der Waals surface area contributed by atoms with Crippen LogP contribution in [0.15, 0.2) is 11.0 Å². The molecule has 0 N–H and O–H groups in total. The van der Waals surface area contributed by atoms with Crippen molar-refractivity contribution in [3.05, 3.63) is 28.6 Å². The molecule has 1 aromatic carbocycles. The maximum Gasteiger partial charge on any atom is 0.153 e. The van der Waals surface area contributed by atoms with Gasteiger partial charge < -0.3 is 0 Å². The minimum atomic E-state index is -0.346. The zero-order chi connectivity index (χ0) is 10.1. The predicted molar refractivity (Wildman–Crippen MR) is 55.6 cm³/mol. The highest BCUT2D eigenvalue weighted by Gasteiger charge is 2.18. The highest BCUT2D eigenvalue weighted by atomic mass is 32.2. The van der Waals surface area contributed by atoms with Crippen LogP contribution < -0.4 is 0 Å². The minimum Gasteiger partial charge on any atom is -0.298 e. The molecule has 0 unspecified atom stereocenters. The third-order valence-corrected chi connectivity index (χ3v) is 3.67. The molecule has 0 aliphatic carbocycles. The standard InChI is InChI=1S/C11H11FOS/c1-7-5-10-8(3-2-4-14-10)9(6-13)11(7)12/h5-6H,2-4H2,1H3. The molecule has 74 valence electrons. The average Bonchev–Trinajstić information content (AvgIpc) is 2.20. The van der Waals surface area contributed by atoms with Crippen LogP contribution in [0.2, 0.25) is 0 Å². The lowest BCUT2D eigenvalue weighted by molar-refractivity contribution is 0.111. The number of benzene rings is 1. The highest BCUT2D eigenvalue weighted by molar-refractivity contribution is 7.99. The fraction of sp³-hybridized carbons (Fsp3) is 0.364. The van der Waals surface area contributed by atoms with Gasteiger partial charge in [0.15, 0.2) is 6.29 Å². The van der Waals surface area contributed by atoms with Crippen LogP contribution in [0.1, 0.15) is 27.9 Å². The van der Waals surface area contributed by atoms with Crippen molar-refractivity contribution >= 4 is 18.0 Å². The second kappa shape index (κ2) is 3.73. The summed E-state index contributed by atoms with van der Waals surface area (Å²) in [7, 11) is 0. The largest absolute Gasteiger partial charge is 0.298 e. The van der Waals surface area contributed by atoms with Gasteiger partial charge in [-0.2, -0.15) is 0 Å². The highest BCUT2D eigenvalue weighted by Crippen LogP contribution is 2.34. The van der Waals surface area contributed by atoms with Crippen LogP contribution in [0.25, 0.3) is 0 Å². The molecule has 0 radical (unpaired) electrons. The third kappa shape index (κ3) is 1.46. The quantitative estimate of drug-likeness (QED) is 0.663. The van der Waals surface area contributed by atoms with Crippen molar-refractivity contribution < 1.29 is 9.18 Å². The van der Waals surface area contributed by atoms with Crippen molar-refractivity contribution in [1.82, 2.24) is 0 Å². The molecule has 1 heterocycles. The molecular formula is C11H11FOS. The van der Waals surface area contributed by atoms with E-state index in [2.05, 4.69) is 0 Å². The van der Waals surface area contributed by atoms with Gasteiger partial charge in [-0.1, -0.05) is 0 Å². The first kappa shape index (κ1) is 9.71. The smallest absolute Gasteiger partial charge is 0.153 e. The predicted octanol–water partition coefficient (Wildman–Crippen LogP) is 2.98. The van der Waals surface area contributed by atoms with Crippen LogP contribution in [-0.2, 0) is 6.42 Å². The van der Waals surface area contributed by atoms with Crippen molar-refractivity contribution in [1.29, 1.82) is 0 Å². The van der Waals surface area contributed by atoms with Crippen molar-refractivity contribution in [3.63, 3.8) is 0 Å². The van der Waals surface area contributed by atoms with Gasteiger partial charge in [-0.05, 0) is 42.7 Å². The summed E-state index contributed by atoms with van der Waals surface area (Å²) in [5.74, 6) is 0.720. The molecule has 0 amide bonds. The molecule has 1 aliphatic rings. The van der Waals surface area contributed by atoms with Crippen LogP contribution in [0.3, 0.4) is 0 Å². The third-order valence-electron chi connectivity index (χ3n) is 2.50. The Morgan fingerprint density at radius 1 is 1.57 bits per heavy atom. The van der Waals surface area contributed by atoms with Gasteiger partial charge in [-0.3, -0.25) is 4.79 Å². The Balaban J connectivity index is 2.65. The summed E-state index contributed by atoms with van der Waals surface area (Å²) >= 11 is 1.72. The van der Waals surface area contributed by atoms with Crippen LogP contribution >= 0.6 is 11.8 Å². The molecule has 1 aliphatic heterocycles. The molecular weight excluding hydrogens is 199 g/mol. The van der Waals surface area contributed by atoms with Crippen molar-refractivity contribution in [2.24, 2.45) is 0 Å². The Morgan fingerprint density at radius 3 is 3.07 bits per heavy atom. The molecule has 0 saturated heterocycles. The van der Waals surface area contributed by atoms with E-state index in [1.54, 1.807) is 18.7 Å². The summed E-state index contributed by atoms with van der Waals surface area (Å²) in [6.45, 7) is 1.71. The number of rotatable bonds is 1. The van der Waals surface area contributed by atoms with E-state index >= 15 is 0 Å². The maximum atomic E-state index is 13.5. The number of carbonyl (C=O) groups is 1. The molecule has 1 nitrogen and oxygen atoms in total. The summed E-state index contributed by atoms with van der Waals surface area (Å²) < 4.78 is 13.5. The Labute approximate surface area is 86.7 Å². The molecule has 0 bridgehead atoms. The van der Waals surface area contributed by atoms with E-state index in [-0.39, 0.29) is 11.4 Å². The number of carbonyl (C=O) groups excluding carboxylic acids is 1. The SMILES string of the molecule is Cc1cc2c(c(C=O)c1F)CCCS2. The molecule has 0 aromatic heterocycles. The van der Waals surface area contributed by atoms with Gasteiger partial charge in [0, 0.05) is 4.90 Å². The van der Waals surface area contributed by atoms with Crippen molar-refractivity contribution in [3.8, 4) is 0 Å². The summed E-state index contributed by atoms with van der Waals surface area (Å²) in [5.41, 5.74) is 1.74. The van der Waals surface area contributed by atoms with Crippen LogP contribution in [0.4, 0.5) is 4.39 Å². The number of hydrogen-bond acceptors (Lipinski definition) is 2. The van der Waals surface area contributed by atoms with Gasteiger partial charge >= 0.3 is 0 Å². The Hall–Kier alpha value is -0.830. The Bertz CT molecular complexity index is 387. The first-order chi connectivity index (χ1) is 6.74. The van der Waals surface area contributed by atoms with Gasteiger partial charge in [-0.15, -0.1) is 11.8 Å². The zero-order valence-electron chi connectivity index (χ0n) is 7.97. The van der Waals surface area contributed by atoms with Crippen LogP contribution in [0.5, 0.6) is 0 Å². The fourth-order valence-electron chi connectivity index (χ4n) is 1.77. The number of hydrogen-bond donors (Lipinski definition) is 0. The molecule has 0 fully saturated rings. The fourth-order valence-corrected chi connectivity index (χ4v) is 2.92. The Kier molecular flexibility index (Phi) is 2.59. The van der Waals surface area contributed by atoms with Crippen LogP contribution in [0, 0.1) is 12.7 Å². The summed E-state index contributed by atoms with van der Waals surface area (Å²) in [6, 6.07) is 1.85. The summed E-state index contributed by atoms with van der Waals surface area (Å²) in [4.78, 5) is 11.9.